The number of hydrogen-bond acceptors (Lipinski definition) is 6. The lowest BCUT2D eigenvalue weighted by Gasteiger charge is -2.37. The van der Waals surface area contributed by atoms with Crippen molar-refractivity contribution >= 4 is 40.4 Å². The van der Waals surface area contributed by atoms with Crippen molar-refractivity contribution in [3.8, 4) is 0 Å². The van der Waals surface area contributed by atoms with Crippen LogP contribution in [0.1, 0.15) is 47.4 Å². The quantitative estimate of drug-likeness (QED) is 0.283. The van der Waals surface area contributed by atoms with Crippen molar-refractivity contribution in [3.63, 3.8) is 0 Å². The van der Waals surface area contributed by atoms with Gasteiger partial charge in [-0.3, -0.25) is 19.4 Å². The predicted molar refractivity (Wildman–Crippen MR) is 139 cm³/mol. The highest BCUT2D eigenvalue weighted by molar-refractivity contribution is 7.12. The Labute approximate surface area is 211 Å². The summed E-state index contributed by atoms with van der Waals surface area (Å²) in [7, 11) is 0. The number of nitrogens with zero attached hydrogens (tertiary/aromatic N) is 2. The minimum absolute atomic E-state index is 0.0950. The van der Waals surface area contributed by atoms with E-state index in [0.29, 0.717) is 21.6 Å². The fraction of sp³-hybridized carbons (Fsp3) is 0.133. The zero-order chi connectivity index (χ0) is 24.4. The van der Waals surface area contributed by atoms with Gasteiger partial charge in [-0.15, -0.1) is 11.3 Å². The van der Waals surface area contributed by atoms with Crippen LogP contribution in [0.15, 0.2) is 96.6 Å². The molecule has 7 rings (SSSR count). The first-order valence-electron chi connectivity index (χ1n) is 11.9. The number of hydrogen-bond donors (Lipinski definition) is 0. The number of anilines is 1. The van der Waals surface area contributed by atoms with Gasteiger partial charge in [0.1, 0.15) is 11.5 Å². The van der Waals surface area contributed by atoms with Crippen LogP contribution < -0.4 is 4.90 Å². The van der Waals surface area contributed by atoms with Crippen molar-refractivity contribution in [1.29, 1.82) is 0 Å². The van der Waals surface area contributed by atoms with Crippen LogP contribution in [0.5, 0.6) is 0 Å². The third-order valence-electron chi connectivity index (χ3n) is 7.79. The van der Waals surface area contributed by atoms with E-state index in [1.807, 2.05) is 64.9 Å². The first-order valence-corrected chi connectivity index (χ1v) is 12.7. The van der Waals surface area contributed by atoms with Gasteiger partial charge in [0.05, 0.1) is 10.9 Å². The molecule has 1 aliphatic carbocycles. The number of fused-ring (bicyclic) bond motifs is 5. The van der Waals surface area contributed by atoms with Gasteiger partial charge in [0.2, 0.25) is 0 Å². The van der Waals surface area contributed by atoms with Gasteiger partial charge in [0.15, 0.2) is 17.3 Å². The fourth-order valence-corrected chi connectivity index (χ4v) is 7.11. The summed E-state index contributed by atoms with van der Waals surface area (Å²) >= 11 is 1.38. The number of para-hydroxylation sites is 1. The van der Waals surface area contributed by atoms with E-state index >= 15 is 0 Å². The molecule has 0 radical (unpaired) electrons. The Balaban J connectivity index is 1.56. The molecule has 1 saturated heterocycles. The van der Waals surface area contributed by atoms with Crippen molar-refractivity contribution in [2.24, 2.45) is 5.41 Å². The molecule has 2 aromatic heterocycles. The third-order valence-corrected chi connectivity index (χ3v) is 8.67. The molecule has 3 atom stereocenters. The molecule has 0 amide bonds. The van der Waals surface area contributed by atoms with Crippen molar-refractivity contribution in [2.45, 2.75) is 18.0 Å². The van der Waals surface area contributed by atoms with Crippen LogP contribution in [0.4, 0.5) is 5.69 Å². The summed E-state index contributed by atoms with van der Waals surface area (Å²) in [6.07, 6.45) is 7.27. The number of rotatable bonds is 3. The van der Waals surface area contributed by atoms with E-state index in [4.69, 9.17) is 0 Å². The van der Waals surface area contributed by atoms with Crippen LogP contribution in [-0.2, 0) is 0 Å². The second-order valence-corrected chi connectivity index (χ2v) is 10.3. The molecule has 4 aromatic rings. The van der Waals surface area contributed by atoms with Gasteiger partial charge in [-0.1, -0.05) is 66.7 Å². The molecular weight excluding hydrogens is 468 g/mol. The molecule has 4 heterocycles. The zero-order valence-electron chi connectivity index (χ0n) is 19.1. The fourth-order valence-electron chi connectivity index (χ4n) is 6.41. The minimum Gasteiger partial charge on any atom is -0.352 e. The Bertz CT molecular complexity index is 1540. The lowest BCUT2D eigenvalue weighted by Crippen LogP contribution is -2.48. The smallest absolute Gasteiger partial charge is 0.195 e. The Morgan fingerprint density at radius 1 is 0.889 bits per heavy atom. The van der Waals surface area contributed by atoms with Crippen LogP contribution in [0.25, 0.3) is 6.08 Å². The highest BCUT2D eigenvalue weighted by atomic mass is 32.1. The van der Waals surface area contributed by atoms with Crippen LogP contribution in [0.3, 0.4) is 0 Å². The first-order chi connectivity index (χ1) is 17.6. The average Bonchev–Trinajstić information content (AvgIpc) is 3.63. The van der Waals surface area contributed by atoms with Crippen molar-refractivity contribution in [2.75, 3.05) is 4.90 Å². The van der Waals surface area contributed by atoms with E-state index in [2.05, 4.69) is 4.98 Å². The maximum atomic E-state index is 14.4. The molecule has 1 fully saturated rings. The SMILES string of the molecule is O=C(c1cccs1)[C@H]1[C@H](c2cccnc2)C2(C(=O)c3ccccc3C2=O)[C@@H]2C=Cc3ccccc3N21. The third kappa shape index (κ3) is 2.59. The minimum atomic E-state index is -1.48. The van der Waals surface area contributed by atoms with E-state index in [0.717, 1.165) is 11.3 Å². The number of benzene rings is 2. The standard InChI is InChI=1S/C30H20N2O3S/c33-27(23-12-6-16-36-23)26-25(19-8-5-15-31-17-19)30(28(34)20-9-2-3-10-21(20)29(30)35)24-14-13-18-7-1-4-11-22(18)32(24)26/h1-17,24-26H/t24-,25-,26+/m0/s1. The second kappa shape index (κ2) is 7.67. The Morgan fingerprint density at radius 3 is 2.33 bits per heavy atom. The molecule has 6 heteroatoms. The number of thiophene rings is 1. The molecule has 0 N–H and O–H groups in total. The largest absolute Gasteiger partial charge is 0.352 e. The van der Waals surface area contributed by atoms with Gasteiger partial charge >= 0.3 is 0 Å². The van der Waals surface area contributed by atoms with Crippen molar-refractivity contribution in [1.82, 2.24) is 4.98 Å². The van der Waals surface area contributed by atoms with E-state index in [9.17, 15) is 14.4 Å². The number of carbonyl (C=O) groups excluding carboxylic acids is 3. The van der Waals surface area contributed by atoms with Crippen LogP contribution in [-0.4, -0.2) is 34.4 Å². The molecule has 0 saturated carbocycles. The number of carbonyl (C=O) groups is 3. The van der Waals surface area contributed by atoms with E-state index in [1.165, 1.54) is 11.3 Å². The molecule has 3 aliphatic rings. The van der Waals surface area contributed by atoms with Gasteiger partial charge in [-0.25, -0.2) is 0 Å². The summed E-state index contributed by atoms with van der Waals surface area (Å²) < 4.78 is 0. The highest BCUT2D eigenvalue weighted by Crippen LogP contribution is 2.60. The number of ketones is 3. The molecular formula is C30H20N2O3S. The Hall–Kier alpha value is -4.16. The molecule has 36 heavy (non-hydrogen) atoms. The predicted octanol–water partition coefficient (Wildman–Crippen LogP) is 5.46. The molecule has 1 spiro atoms. The summed E-state index contributed by atoms with van der Waals surface area (Å²) in [5, 5.41) is 1.88. The van der Waals surface area contributed by atoms with E-state index < -0.39 is 23.4 Å². The molecule has 2 aromatic carbocycles. The Kier molecular flexibility index (Phi) is 4.51. The zero-order valence-corrected chi connectivity index (χ0v) is 19.9. The summed E-state index contributed by atoms with van der Waals surface area (Å²) in [5.41, 5.74) is 1.88. The summed E-state index contributed by atoms with van der Waals surface area (Å²) in [6.45, 7) is 0. The lowest BCUT2D eigenvalue weighted by molar-refractivity contribution is 0.0666. The number of Topliss-reactive ketones (excluding diaryl/α,β-unsaturated/α-hetero) is 3. The summed E-state index contributed by atoms with van der Waals surface area (Å²) in [6, 6.07) is 20.8. The van der Waals surface area contributed by atoms with Gasteiger partial charge < -0.3 is 4.90 Å². The van der Waals surface area contributed by atoms with Gasteiger partial charge in [-0.2, -0.15) is 0 Å². The summed E-state index contributed by atoms with van der Waals surface area (Å²) in [4.78, 5) is 50.1. The first kappa shape index (κ1) is 21.1. The Morgan fingerprint density at radius 2 is 1.64 bits per heavy atom. The van der Waals surface area contributed by atoms with Crippen molar-refractivity contribution in [3.05, 3.63) is 124 Å². The monoisotopic (exact) mass is 488 g/mol. The van der Waals surface area contributed by atoms with Crippen molar-refractivity contribution < 1.29 is 14.4 Å². The average molecular weight is 489 g/mol. The van der Waals surface area contributed by atoms with E-state index in [1.54, 1.807) is 42.7 Å². The number of aromatic nitrogens is 1. The van der Waals surface area contributed by atoms with Crippen LogP contribution in [0, 0.1) is 5.41 Å². The topological polar surface area (TPSA) is 67.3 Å². The highest BCUT2D eigenvalue weighted by Gasteiger charge is 2.71. The van der Waals surface area contributed by atoms with E-state index in [-0.39, 0.29) is 17.3 Å². The maximum Gasteiger partial charge on any atom is 0.195 e. The summed E-state index contributed by atoms with van der Waals surface area (Å²) in [5.74, 6) is -1.26. The maximum absolute atomic E-state index is 14.4. The lowest BCUT2D eigenvalue weighted by atomic mass is 9.64. The molecule has 0 unspecified atom stereocenters. The van der Waals surface area contributed by atoms with Gasteiger partial charge in [0, 0.05) is 35.1 Å². The number of pyridine rings is 1. The van der Waals surface area contributed by atoms with Crippen LogP contribution in [0.2, 0.25) is 0 Å². The van der Waals surface area contributed by atoms with Gasteiger partial charge in [0.25, 0.3) is 0 Å². The van der Waals surface area contributed by atoms with Gasteiger partial charge in [-0.05, 0) is 34.7 Å². The van der Waals surface area contributed by atoms with Crippen LogP contribution >= 0.6 is 11.3 Å². The molecule has 2 aliphatic heterocycles. The molecule has 5 nitrogen and oxygen atoms in total. The normalized spacial score (nSPS) is 23.0. The second-order valence-electron chi connectivity index (χ2n) is 9.39. The molecule has 174 valence electrons. The molecule has 0 bridgehead atoms.